The average Bonchev–Trinajstić information content (AvgIpc) is 3.01. The van der Waals surface area contributed by atoms with Crippen LogP contribution in [0.1, 0.15) is 82.0 Å². The van der Waals surface area contributed by atoms with Crippen molar-refractivity contribution in [2.75, 3.05) is 0 Å². The molecule has 1 N–H and O–H groups in total. The van der Waals surface area contributed by atoms with Crippen molar-refractivity contribution in [1.82, 2.24) is 5.16 Å². The van der Waals surface area contributed by atoms with Crippen molar-refractivity contribution in [2.45, 2.75) is 78.1 Å². The van der Waals surface area contributed by atoms with Gasteiger partial charge in [-0.15, -0.1) is 0 Å². The normalized spacial score (nSPS) is 11.5. The van der Waals surface area contributed by atoms with Crippen molar-refractivity contribution in [1.29, 1.82) is 0 Å². The number of aromatic nitrogens is 1. The highest BCUT2D eigenvalue weighted by molar-refractivity contribution is 5.82. The molecule has 0 spiro atoms. The van der Waals surface area contributed by atoms with Crippen LogP contribution in [0.5, 0.6) is 0 Å². The molecule has 0 atom stereocenters. The molecule has 26 heavy (non-hydrogen) atoms. The van der Waals surface area contributed by atoms with Crippen LogP contribution in [0, 0.1) is 0 Å². The number of hydrogen-bond donors (Lipinski definition) is 1. The summed E-state index contributed by atoms with van der Waals surface area (Å²) >= 11 is 0. The Labute approximate surface area is 156 Å². The van der Waals surface area contributed by atoms with E-state index in [0.29, 0.717) is 5.56 Å². The van der Waals surface area contributed by atoms with E-state index in [4.69, 9.17) is 4.52 Å². The maximum atomic E-state index is 11.9. The van der Waals surface area contributed by atoms with E-state index in [2.05, 4.69) is 36.1 Å². The zero-order valence-electron chi connectivity index (χ0n) is 16.2. The fraction of sp³-hybridized carbons (Fsp3) is 0.545. The maximum absolute atomic E-state index is 11.9. The summed E-state index contributed by atoms with van der Waals surface area (Å²) in [6.45, 7) is 4.42. The third-order valence-electron chi connectivity index (χ3n) is 4.69. The number of nitrogens with zero attached hydrogens (tertiary/aromatic N) is 1. The van der Waals surface area contributed by atoms with Gasteiger partial charge in [0.15, 0.2) is 0 Å². The smallest absolute Gasteiger partial charge is 0.338 e. The minimum atomic E-state index is -0.341. The van der Waals surface area contributed by atoms with Gasteiger partial charge in [0.25, 0.3) is 0 Å². The Morgan fingerprint density at radius 2 is 1.58 bits per heavy atom. The molecule has 0 saturated heterocycles. The Hall–Kier alpha value is -2.10. The number of benzene rings is 1. The molecule has 1 aromatic heterocycles. The monoisotopic (exact) mass is 356 g/mol. The molecule has 0 amide bonds. The number of H-pyrrole nitrogens is 1. The lowest BCUT2D eigenvalue weighted by Crippen LogP contribution is -2.03. The predicted octanol–water partition coefficient (Wildman–Crippen LogP) is 5.96. The van der Waals surface area contributed by atoms with Gasteiger partial charge in [-0.05, 0) is 43.4 Å². The highest BCUT2D eigenvalue weighted by atomic mass is 16.5. The Morgan fingerprint density at radius 1 is 0.923 bits per heavy atom. The van der Waals surface area contributed by atoms with E-state index in [1.165, 1.54) is 50.5 Å². The summed E-state index contributed by atoms with van der Waals surface area (Å²) < 4.78 is 4.95. The molecule has 0 unspecified atom stereocenters. The van der Waals surface area contributed by atoms with Crippen LogP contribution in [0.3, 0.4) is 0 Å². The topological polar surface area (TPSA) is 58.4 Å². The molecule has 0 aliphatic carbocycles. The minimum absolute atomic E-state index is 0.341. The second-order valence-electron chi connectivity index (χ2n) is 6.93. The van der Waals surface area contributed by atoms with Crippen LogP contribution in [0.4, 0.5) is 5.69 Å². The van der Waals surface area contributed by atoms with Crippen molar-refractivity contribution in [3.05, 3.63) is 51.5 Å². The van der Waals surface area contributed by atoms with Crippen molar-refractivity contribution in [2.24, 2.45) is 4.99 Å². The number of aryl methyl sites for hydroxylation is 2. The molecule has 4 nitrogen and oxygen atoms in total. The van der Waals surface area contributed by atoms with Gasteiger partial charge in [0.2, 0.25) is 0 Å². The quantitative estimate of drug-likeness (QED) is 0.376. The van der Waals surface area contributed by atoms with Gasteiger partial charge in [-0.1, -0.05) is 64.5 Å². The molecule has 0 saturated carbocycles. The van der Waals surface area contributed by atoms with E-state index >= 15 is 0 Å². The SMILES string of the molecule is CCCCCCc1ccc(N=Cc2c(CCCCCC)[nH]oc2=O)cc1. The summed E-state index contributed by atoms with van der Waals surface area (Å²) in [7, 11) is 0. The first-order chi connectivity index (χ1) is 12.7. The highest BCUT2D eigenvalue weighted by Crippen LogP contribution is 2.16. The molecule has 0 bridgehead atoms. The Morgan fingerprint density at radius 3 is 2.23 bits per heavy atom. The molecular formula is C22H32N2O2. The first kappa shape index (κ1) is 20.2. The first-order valence-electron chi connectivity index (χ1n) is 10.1. The summed E-state index contributed by atoms with van der Waals surface area (Å²) in [5.41, 5.74) is 3.26. The van der Waals surface area contributed by atoms with Gasteiger partial charge in [0.05, 0.1) is 11.4 Å². The number of hydrogen-bond acceptors (Lipinski definition) is 3. The minimum Gasteiger partial charge on any atom is -0.338 e. The van der Waals surface area contributed by atoms with Crippen molar-refractivity contribution in [3.8, 4) is 0 Å². The van der Waals surface area contributed by atoms with E-state index in [9.17, 15) is 4.79 Å². The van der Waals surface area contributed by atoms with Gasteiger partial charge in [0.1, 0.15) is 5.56 Å². The number of aromatic amines is 1. The lowest BCUT2D eigenvalue weighted by atomic mass is 10.1. The van der Waals surface area contributed by atoms with Crippen molar-refractivity contribution in [3.63, 3.8) is 0 Å². The first-order valence-corrected chi connectivity index (χ1v) is 10.1. The fourth-order valence-electron chi connectivity index (χ4n) is 3.03. The Bertz CT molecular complexity index is 710. The maximum Gasteiger partial charge on any atom is 0.366 e. The summed E-state index contributed by atoms with van der Waals surface area (Å²) in [4.78, 5) is 16.3. The van der Waals surface area contributed by atoms with E-state index in [1.807, 2.05) is 12.1 Å². The average molecular weight is 357 g/mol. The van der Waals surface area contributed by atoms with Crippen LogP contribution in [0.25, 0.3) is 0 Å². The number of aliphatic imine (C=N–C) groups is 1. The molecule has 142 valence electrons. The molecular weight excluding hydrogens is 324 g/mol. The number of unbranched alkanes of at least 4 members (excludes halogenated alkanes) is 6. The summed E-state index contributed by atoms with van der Waals surface area (Å²) in [6.07, 6.45) is 13.3. The Balaban J connectivity index is 1.92. The largest absolute Gasteiger partial charge is 0.366 e. The zero-order chi connectivity index (χ0) is 18.6. The lowest BCUT2D eigenvalue weighted by Gasteiger charge is -2.02. The van der Waals surface area contributed by atoms with E-state index < -0.39 is 0 Å². The lowest BCUT2D eigenvalue weighted by molar-refractivity contribution is 0.384. The third-order valence-corrected chi connectivity index (χ3v) is 4.69. The van der Waals surface area contributed by atoms with Crippen molar-refractivity contribution >= 4 is 11.9 Å². The Kier molecular flexibility index (Phi) is 8.94. The van der Waals surface area contributed by atoms with Crippen molar-refractivity contribution < 1.29 is 4.52 Å². The molecule has 1 heterocycles. The summed E-state index contributed by atoms with van der Waals surface area (Å²) in [5.74, 6) is 0. The molecule has 2 rings (SSSR count). The van der Waals surface area contributed by atoms with Crippen LogP contribution in [-0.2, 0) is 12.8 Å². The van der Waals surface area contributed by atoms with Crippen LogP contribution < -0.4 is 5.63 Å². The highest BCUT2D eigenvalue weighted by Gasteiger charge is 2.09. The molecule has 0 fully saturated rings. The zero-order valence-corrected chi connectivity index (χ0v) is 16.2. The molecule has 4 heteroatoms. The van der Waals surface area contributed by atoms with Gasteiger partial charge in [-0.2, -0.15) is 0 Å². The second kappa shape index (κ2) is 11.5. The number of rotatable bonds is 12. The van der Waals surface area contributed by atoms with Gasteiger partial charge in [-0.3, -0.25) is 4.99 Å². The fourth-order valence-corrected chi connectivity index (χ4v) is 3.03. The molecule has 1 aromatic carbocycles. The van der Waals surface area contributed by atoms with Gasteiger partial charge in [0, 0.05) is 6.21 Å². The van der Waals surface area contributed by atoms with E-state index in [1.54, 1.807) is 6.21 Å². The molecule has 0 aliphatic rings. The number of nitrogens with one attached hydrogen (secondary N) is 1. The summed E-state index contributed by atoms with van der Waals surface area (Å²) in [6, 6.07) is 8.29. The summed E-state index contributed by atoms with van der Waals surface area (Å²) in [5, 5.41) is 2.75. The van der Waals surface area contributed by atoms with E-state index in [0.717, 1.165) is 30.6 Å². The van der Waals surface area contributed by atoms with Gasteiger partial charge >= 0.3 is 5.63 Å². The standard InChI is InChI=1S/C22H32N2O2/c1-3-5-7-9-11-18-13-15-19(16-14-18)23-17-20-21(24-26-22(20)25)12-10-8-6-4-2/h13-17,24H,3-12H2,1-2H3. The van der Waals surface area contributed by atoms with Crippen LogP contribution >= 0.6 is 0 Å². The second-order valence-corrected chi connectivity index (χ2v) is 6.93. The van der Waals surface area contributed by atoms with Gasteiger partial charge in [-0.25, -0.2) is 9.95 Å². The molecule has 2 aromatic rings. The van der Waals surface area contributed by atoms with Crippen LogP contribution in [0.2, 0.25) is 0 Å². The molecule has 0 aliphatic heterocycles. The van der Waals surface area contributed by atoms with Crippen LogP contribution in [-0.4, -0.2) is 11.4 Å². The third kappa shape index (κ3) is 6.66. The van der Waals surface area contributed by atoms with E-state index in [-0.39, 0.29) is 5.63 Å². The predicted molar refractivity (Wildman–Crippen MR) is 109 cm³/mol. The molecule has 0 radical (unpaired) electrons. The van der Waals surface area contributed by atoms with Gasteiger partial charge < -0.3 is 4.52 Å². The van der Waals surface area contributed by atoms with Crippen LogP contribution in [0.15, 0.2) is 38.6 Å².